The van der Waals surface area contributed by atoms with Gasteiger partial charge in [0.05, 0.1) is 16.2 Å². The van der Waals surface area contributed by atoms with E-state index in [1.54, 1.807) is 52.7 Å². The molecule has 1 aliphatic rings. The van der Waals surface area contributed by atoms with Crippen molar-refractivity contribution in [2.24, 2.45) is 0 Å². The first-order valence-corrected chi connectivity index (χ1v) is 14.4. The summed E-state index contributed by atoms with van der Waals surface area (Å²) in [5, 5.41) is 2.06. The Morgan fingerprint density at radius 3 is 2.35 bits per heavy atom. The van der Waals surface area contributed by atoms with Crippen LogP contribution in [0.1, 0.15) is 24.1 Å². The van der Waals surface area contributed by atoms with E-state index in [2.05, 4.69) is 5.41 Å². The highest BCUT2D eigenvalue weighted by Gasteiger charge is 2.35. The zero-order valence-corrected chi connectivity index (χ0v) is 21.7. The summed E-state index contributed by atoms with van der Waals surface area (Å²) in [6, 6.07) is 19.4. The Kier molecular flexibility index (Phi) is 6.53. The van der Waals surface area contributed by atoms with Crippen molar-refractivity contribution in [3.8, 4) is 28.2 Å². The van der Waals surface area contributed by atoms with Gasteiger partial charge in [-0.2, -0.15) is 13.2 Å². The number of alkyl halides is 3. The fourth-order valence-corrected chi connectivity index (χ4v) is 6.22. The highest BCUT2D eigenvalue weighted by Crippen LogP contribution is 2.40. The normalized spacial score (nSPS) is 16.1. The molecule has 4 aromatic rings. The van der Waals surface area contributed by atoms with Crippen molar-refractivity contribution in [1.82, 2.24) is 9.55 Å². The number of aromatic nitrogens is 2. The Bertz CT molecular complexity index is 1610. The van der Waals surface area contributed by atoms with E-state index >= 15 is 0 Å². The van der Waals surface area contributed by atoms with E-state index in [9.17, 15) is 21.6 Å². The smallest absolute Gasteiger partial charge is 0.299 e. The van der Waals surface area contributed by atoms with E-state index in [1.165, 1.54) is 12.1 Å². The molecular formula is C28H23F3N2O2S2. The van der Waals surface area contributed by atoms with Gasteiger partial charge in [0, 0.05) is 35.4 Å². The van der Waals surface area contributed by atoms with Gasteiger partial charge in [-0.3, -0.25) is 4.57 Å². The minimum absolute atomic E-state index is 0.0125. The van der Waals surface area contributed by atoms with E-state index < -0.39 is 21.6 Å². The molecular weight excluding hydrogens is 517 g/mol. The molecule has 5 rings (SSSR count). The van der Waals surface area contributed by atoms with Gasteiger partial charge in [0.15, 0.2) is 9.84 Å². The van der Waals surface area contributed by atoms with Crippen LogP contribution in [-0.2, 0) is 16.0 Å². The van der Waals surface area contributed by atoms with Crippen molar-refractivity contribution in [2.45, 2.75) is 23.9 Å². The van der Waals surface area contributed by atoms with Gasteiger partial charge in [-0.15, -0.1) is 11.8 Å². The van der Waals surface area contributed by atoms with Gasteiger partial charge >= 0.3 is 6.18 Å². The molecule has 9 heteroatoms. The fourth-order valence-electron chi connectivity index (χ4n) is 4.41. The van der Waals surface area contributed by atoms with Crippen LogP contribution in [-0.4, -0.2) is 30.0 Å². The van der Waals surface area contributed by atoms with E-state index in [-0.39, 0.29) is 22.2 Å². The zero-order valence-electron chi connectivity index (χ0n) is 20.0. The lowest BCUT2D eigenvalue weighted by Gasteiger charge is -2.14. The highest BCUT2D eigenvalue weighted by molar-refractivity contribution is 8.02. The summed E-state index contributed by atoms with van der Waals surface area (Å²) in [5.74, 6) is 1.04. The molecule has 0 amide bonds. The van der Waals surface area contributed by atoms with Crippen molar-refractivity contribution in [2.75, 3.05) is 12.0 Å². The molecule has 1 unspecified atom stereocenters. The second-order valence-corrected chi connectivity index (χ2v) is 11.9. The van der Waals surface area contributed by atoms with Crippen molar-refractivity contribution < 1.29 is 21.6 Å². The minimum atomic E-state index is -4.53. The number of rotatable bonds is 5. The lowest BCUT2D eigenvalue weighted by molar-refractivity contribution is -0.137. The van der Waals surface area contributed by atoms with Gasteiger partial charge in [0.2, 0.25) is 0 Å². The monoisotopic (exact) mass is 540 g/mol. The molecule has 0 radical (unpaired) electrons. The van der Waals surface area contributed by atoms with Crippen LogP contribution in [0, 0.1) is 0 Å². The van der Waals surface area contributed by atoms with E-state index in [1.807, 2.05) is 31.3 Å². The Morgan fingerprint density at radius 2 is 1.70 bits per heavy atom. The number of benzene rings is 3. The molecule has 2 heterocycles. The number of hydrogen-bond acceptors (Lipinski definition) is 4. The van der Waals surface area contributed by atoms with Crippen LogP contribution in [0.4, 0.5) is 13.2 Å². The van der Waals surface area contributed by atoms with Gasteiger partial charge in [-0.05, 0) is 53.8 Å². The summed E-state index contributed by atoms with van der Waals surface area (Å²) in [6.07, 6.45) is -1.55. The van der Waals surface area contributed by atoms with Gasteiger partial charge < -0.3 is 0 Å². The molecule has 0 bridgehead atoms. The zero-order chi connectivity index (χ0) is 26.4. The number of sulfone groups is 1. The molecule has 0 aliphatic carbocycles. The van der Waals surface area contributed by atoms with Gasteiger partial charge in [-0.25, -0.2) is 13.4 Å². The van der Waals surface area contributed by atoms with E-state index in [0.717, 1.165) is 40.5 Å². The minimum Gasteiger partial charge on any atom is -0.299 e. The second kappa shape index (κ2) is 9.54. The molecule has 37 heavy (non-hydrogen) atoms. The lowest BCUT2D eigenvalue weighted by Crippen LogP contribution is -2.09. The lowest BCUT2D eigenvalue weighted by atomic mass is 10.0. The molecule has 0 saturated carbocycles. The Balaban J connectivity index is 1.62. The maximum atomic E-state index is 13.9. The van der Waals surface area contributed by atoms with E-state index in [4.69, 9.17) is 4.98 Å². The third-order valence-corrected chi connectivity index (χ3v) is 8.55. The molecule has 4 nitrogen and oxygen atoms in total. The topological polar surface area (TPSA) is 52.0 Å². The number of allylic oxidation sites excluding steroid dienone is 1. The number of imidazole rings is 1. The van der Waals surface area contributed by atoms with Crippen molar-refractivity contribution in [1.29, 1.82) is 0 Å². The molecule has 0 spiro atoms. The molecule has 1 aliphatic heterocycles. The molecule has 1 atom stereocenters. The molecule has 3 aromatic carbocycles. The third-order valence-electron chi connectivity index (χ3n) is 6.38. The summed E-state index contributed by atoms with van der Waals surface area (Å²) < 4.78 is 67.3. The first kappa shape index (κ1) is 25.4. The largest absolute Gasteiger partial charge is 0.417 e. The van der Waals surface area contributed by atoms with Crippen LogP contribution in [0.2, 0.25) is 0 Å². The summed E-state index contributed by atoms with van der Waals surface area (Å²) in [6.45, 7) is 2.01. The molecule has 0 saturated heterocycles. The first-order valence-electron chi connectivity index (χ1n) is 11.5. The SMILES string of the molecule is CC1=CSCC1c1cn(-c2ccc(-c3cccc(S(C)(=O)=O)c3)cc2)c(-c2ccccc2C(F)(F)F)n1. The van der Waals surface area contributed by atoms with Crippen molar-refractivity contribution in [3.05, 3.63) is 101 Å². The second-order valence-electron chi connectivity index (χ2n) is 9.00. The standard InChI is InChI=1S/C28H23F3N2O2S2/c1-18-16-36-17-24(18)26-15-33(27(32-26)23-8-3-4-9-25(23)28(29,30)31)21-12-10-19(11-13-21)20-6-5-7-22(14-20)37(2,34)35/h3-16,24H,17H2,1-2H3. The summed E-state index contributed by atoms with van der Waals surface area (Å²) in [7, 11) is -3.36. The van der Waals surface area contributed by atoms with Crippen LogP contribution in [0.5, 0.6) is 0 Å². The number of thioether (sulfide) groups is 1. The molecule has 190 valence electrons. The van der Waals surface area contributed by atoms with E-state index in [0.29, 0.717) is 5.69 Å². The van der Waals surface area contributed by atoms with Crippen LogP contribution >= 0.6 is 11.8 Å². The number of hydrogen-bond donors (Lipinski definition) is 0. The van der Waals surface area contributed by atoms with Crippen LogP contribution in [0.3, 0.4) is 0 Å². The van der Waals surface area contributed by atoms with Crippen molar-refractivity contribution in [3.63, 3.8) is 0 Å². The maximum Gasteiger partial charge on any atom is 0.417 e. The number of nitrogens with zero attached hydrogens (tertiary/aromatic N) is 2. The molecule has 0 N–H and O–H groups in total. The van der Waals surface area contributed by atoms with Gasteiger partial charge in [0.25, 0.3) is 0 Å². The van der Waals surface area contributed by atoms with Crippen molar-refractivity contribution >= 4 is 21.6 Å². The predicted molar refractivity (Wildman–Crippen MR) is 142 cm³/mol. The predicted octanol–water partition coefficient (Wildman–Crippen LogP) is 7.36. The highest BCUT2D eigenvalue weighted by atomic mass is 32.2. The van der Waals surface area contributed by atoms with Crippen LogP contribution in [0.25, 0.3) is 28.2 Å². The molecule has 1 aromatic heterocycles. The van der Waals surface area contributed by atoms with Gasteiger partial charge in [-0.1, -0.05) is 48.0 Å². The fraction of sp³-hybridized carbons (Fsp3) is 0.179. The first-order chi connectivity index (χ1) is 17.5. The number of halogens is 3. The average molecular weight is 541 g/mol. The average Bonchev–Trinajstić information content (AvgIpc) is 3.49. The quantitative estimate of drug-likeness (QED) is 0.265. The Labute approximate surface area is 217 Å². The summed E-state index contributed by atoms with van der Waals surface area (Å²) >= 11 is 1.67. The maximum absolute atomic E-state index is 13.9. The van der Waals surface area contributed by atoms with Gasteiger partial charge in [0.1, 0.15) is 5.82 Å². The Hall–Kier alpha value is -3.30. The van der Waals surface area contributed by atoms with Crippen LogP contribution < -0.4 is 0 Å². The third kappa shape index (κ3) is 5.10. The Morgan fingerprint density at radius 1 is 0.973 bits per heavy atom. The summed E-state index contributed by atoms with van der Waals surface area (Å²) in [4.78, 5) is 4.94. The summed E-state index contributed by atoms with van der Waals surface area (Å²) in [5.41, 5.74) is 3.29. The molecule has 0 fully saturated rings. The van der Waals surface area contributed by atoms with Crippen LogP contribution in [0.15, 0.2) is 94.9 Å².